The first-order chi connectivity index (χ1) is 12.7. The molecule has 142 valence electrons. The maximum Gasteiger partial charge on any atom is 0.245 e. The summed E-state index contributed by atoms with van der Waals surface area (Å²) in [6.07, 6.45) is 3.90. The Labute approximate surface area is 151 Å². The summed E-state index contributed by atoms with van der Waals surface area (Å²) in [6.45, 7) is 2.44. The number of rotatable bonds is 5. The molecule has 0 saturated carbocycles. The lowest BCUT2D eigenvalue weighted by Crippen LogP contribution is -2.26. The van der Waals surface area contributed by atoms with Gasteiger partial charge in [0.05, 0.1) is 18.9 Å². The van der Waals surface area contributed by atoms with Crippen molar-refractivity contribution in [2.75, 3.05) is 33.4 Å². The molecule has 0 spiro atoms. The van der Waals surface area contributed by atoms with Gasteiger partial charge in [0, 0.05) is 38.8 Å². The van der Waals surface area contributed by atoms with E-state index < -0.39 is 6.10 Å². The van der Waals surface area contributed by atoms with Crippen LogP contribution in [0.15, 0.2) is 6.33 Å². The normalized spacial score (nSPS) is 27.3. The number of ether oxygens (including phenoxy) is 2. The zero-order chi connectivity index (χ0) is 18.1. The molecule has 26 heavy (non-hydrogen) atoms. The number of aliphatic hydroxyl groups excluding tert-OH is 2. The minimum Gasteiger partial charge on any atom is -0.479 e. The maximum absolute atomic E-state index is 10.1. The Morgan fingerprint density at radius 3 is 2.85 bits per heavy atom. The number of methoxy groups -OCH3 is 1. The monoisotopic (exact) mass is 363 g/mol. The minimum atomic E-state index is -0.516. The summed E-state index contributed by atoms with van der Waals surface area (Å²) in [7, 11) is 1.57. The van der Waals surface area contributed by atoms with Crippen molar-refractivity contribution >= 4 is 11.0 Å². The summed E-state index contributed by atoms with van der Waals surface area (Å²) in [5.41, 5.74) is 2.30. The van der Waals surface area contributed by atoms with Gasteiger partial charge < -0.3 is 19.7 Å². The van der Waals surface area contributed by atoms with Crippen molar-refractivity contribution in [1.29, 1.82) is 0 Å². The largest absolute Gasteiger partial charge is 0.479 e. The summed E-state index contributed by atoms with van der Waals surface area (Å²) in [6, 6.07) is 0. The number of hydrogen-bond donors (Lipinski definition) is 2. The lowest BCUT2D eigenvalue weighted by molar-refractivity contribution is -0.0415. The van der Waals surface area contributed by atoms with Gasteiger partial charge >= 0.3 is 0 Å². The number of fused-ring (bicyclic) bond motifs is 1. The Bertz CT molecular complexity index is 761. The van der Waals surface area contributed by atoms with Crippen molar-refractivity contribution in [2.45, 2.75) is 38.1 Å². The maximum atomic E-state index is 10.1. The molecule has 9 nitrogen and oxygen atoms in total. The lowest BCUT2D eigenvalue weighted by atomic mass is 10.1. The van der Waals surface area contributed by atoms with E-state index in [1.807, 2.05) is 4.68 Å². The lowest BCUT2D eigenvalue weighted by Gasteiger charge is -2.25. The molecule has 4 heterocycles. The first-order valence-corrected chi connectivity index (χ1v) is 9.10. The highest BCUT2D eigenvalue weighted by atomic mass is 16.5. The van der Waals surface area contributed by atoms with E-state index in [4.69, 9.17) is 14.6 Å². The number of aliphatic hydroxyl groups is 2. The summed E-state index contributed by atoms with van der Waals surface area (Å²) < 4.78 is 13.2. The number of nitrogens with zero attached hydrogens (tertiary/aromatic N) is 5. The molecular formula is C17H25N5O4. The fraction of sp³-hybridized carbons (Fsp3) is 0.706. The zero-order valence-electron chi connectivity index (χ0n) is 14.9. The van der Waals surface area contributed by atoms with Crippen LogP contribution in [0.5, 0.6) is 5.88 Å². The van der Waals surface area contributed by atoms with Gasteiger partial charge in [0.25, 0.3) is 0 Å². The van der Waals surface area contributed by atoms with Crippen molar-refractivity contribution in [1.82, 2.24) is 24.6 Å². The molecule has 0 amide bonds. The average Bonchev–Trinajstić information content (AvgIpc) is 3.22. The van der Waals surface area contributed by atoms with Gasteiger partial charge in [-0.1, -0.05) is 0 Å². The number of likely N-dealkylation sites (tertiary alicyclic amines) is 1. The predicted octanol–water partition coefficient (Wildman–Crippen LogP) is 0.319. The van der Waals surface area contributed by atoms with Crippen molar-refractivity contribution in [3.63, 3.8) is 0 Å². The van der Waals surface area contributed by atoms with Gasteiger partial charge in [-0.2, -0.15) is 10.1 Å². The molecule has 0 aliphatic carbocycles. The van der Waals surface area contributed by atoms with Gasteiger partial charge in [0.1, 0.15) is 11.8 Å². The highest BCUT2D eigenvalue weighted by molar-refractivity contribution is 5.81. The van der Waals surface area contributed by atoms with Crippen molar-refractivity contribution < 1.29 is 19.7 Å². The molecule has 0 radical (unpaired) electrons. The van der Waals surface area contributed by atoms with Crippen molar-refractivity contribution in [3.05, 3.63) is 12.0 Å². The van der Waals surface area contributed by atoms with Crippen LogP contribution in [0.25, 0.3) is 11.0 Å². The Kier molecular flexibility index (Phi) is 5.03. The summed E-state index contributed by atoms with van der Waals surface area (Å²) in [5, 5.41) is 24.2. The molecule has 2 aliphatic rings. The minimum absolute atomic E-state index is 0.0145. The first kappa shape index (κ1) is 17.6. The smallest absolute Gasteiger partial charge is 0.245 e. The number of aromatic nitrogens is 4. The molecule has 2 N–H and O–H groups in total. The molecule has 4 rings (SSSR count). The summed E-state index contributed by atoms with van der Waals surface area (Å²) in [5.74, 6) is 0.327. The molecule has 2 unspecified atom stereocenters. The molecular weight excluding hydrogens is 338 g/mol. The number of β-amino-alcohol motifs (C(OH)–C–C–N with tert-alkyl or cyclic N) is 1. The Morgan fingerprint density at radius 1 is 1.27 bits per heavy atom. The third-order valence-electron chi connectivity index (χ3n) is 5.26. The van der Waals surface area contributed by atoms with Crippen LogP contribution in [0.3, 0.4) is 0 Å². The van der Waals surface area contributed by atoms with E-state index >= 15 is 0 Å². The second-order valence-corrected chi connectivity index (χ2v) is 7.00. The van der Waals surface area contributed by atoms with E-state index in [2.05, 4.69) is 14.9 Å². The molecule has 0 bridgehead atoms. The van der Waals surface area contributed by atoms with Crippen LogP contribution < -0.4 is 4.74 Å². The predicted molar refractivity (Wildman–Crippen MR) is 92.6 cm³/mol. The van der Waals surface area contributed by atoms with E-state index in [1.165, 1.54) is 6.33 Å². The third kappa shape index (κ3) is 3.16. The van der Waals surface area contributed by atoms with Gasteiger partial charge in [0.2, 0.25) is 5.88 Å². The molecule has 3 atom stereocenters. The third-order valence-corrected chi connectivity index (χ3v) is 5.26. The highest BCUT2D eigenvalue weighted by Crippen LogP contribution is 2.31. The standard InChI is InChI=1S/C17H25N5O4/c1-25-17-16-15(18-10-19-17)12(7-21-6-11(9-23)13(24)8-21)22(20-16)14-4-2-3-5-26-14/h10-11,13-14,23-24H,2-9H2,1H3/t11-,13?,14?/m1/s1. The molecule has 2 aliphatic heterocycles. The van der Waals surface area contributed by atoms with E-state index in [1.54, 1.807) is 7.11 Å². The van der Waals surface area contributed by atoms with Crippen LogP contribution in [0.2, 0.25) is 0 Å². The molecule has 2 aromatic heterocycles. The molecule has 2 aromatic rings. The van der Waals surface area contributed by atoms with Crippen LogP contribution in [0.1, 0.15) is 31.2 Å². The fourth-order valence-electron chi connectivity index (χ4n) is 3.85. The zero-order valence-corrected chi connectivity index (χ0v) is 14.9. The van der Waals surface area contributed by atoms with Gasteiger partial charge in [-0.3, -0.25) is 4.90 Å². The number of hydrogen-bond acceptors (Lipinski definition) is 8. The van der Waals surface area contributed by atoms with E-state index in [0.29, 0.717) is 31.0 Å². The first-order valence-electron chi connectivity index (χ1n) is 9.10. The van der Waals surface area contributed by atoms with Crippen LogP contribution in [-0.4, -0.2) is 74.4 Å². The molecule has 2 saturated heterocycles. The molecule has 9 heteroatoms. The SMILES string of the molecule is COc1ncnc2c(CN3CC(O)[C@@H](CO)C3)n(C3CCCCO3)nc12. The van der Waals surface area contributed by atoms with Crippen LogP contribution in [0.4, 0.5) is 0 Å². The van der Waals surface area contributed by atoms with Crippen molar-refractivity contribution in [2.24, 2.45) is 5.92 Å². The fourth-order valence-corrected chi connectivity index (χ4v) is 3.85. The quantitative estimate of drug-likeness (QED) is 0.782. The Hall–Kier alpha value is -1.81. The van der Waals surface area contributed by atoms with E-state index in [-0.39, 0.29) is 18.8 Å². The second kappa shape index (κ2) is 7.43. The highest BCUT2D eigenvalue weighted by Gasteiger charge is 2.33. The molecule has 2 fully saturated rings. The van der Waals surface area contributed by atoms with Gasteiger partial charge in [-0.25, -0.2) is 9.67 Å². The molecule has 0 aromatic carbocycles. The van der Waals surface area contributed by atoms with Gasteiger partial charge in [-0.15, -0.1) is 0 Å². The average molecular weight is 363 g/mol. The van der Waals surface area contributed by atoms with E-state index in [9.17, 15) is 10.2 Å². The topological polar surface area (TPSA) is 106 Å². The summed E-state index contributed by atoms with van der Waals surface area (Å²) >= 11 is 0. The van der Waals surface area contributed by atoms with E-state index in [0.717, 1.165) is 37.1 Å². The van der Waals surface area contributed by atoms with Crippen LogP contribution in [-0.2, 0) is 11.3 Å². The van der Waals surface area contributed by atoms with Crippen LogP contribution in [0, 0.1) is 5.92 Å². The second-order valence-electron chi connectivity index (χ2n) is 7.00. The Morgan fingerprint density at radius 2 is 2.15 bits per heavy atom. The van der Waals surface area contributed by atoms with Crippen molar-refractivity contribution in [3.8, 4) is 5.88 Å². The summed E-state index contributed by atoms with van der Waals surface area (Å²) in [4.78, 5) is 10.7. The Balaban J connectivity index is 1.71. The van der Waals surface area contributed by atoms with Gasteiger partial charge in [0.15, 0.2) is 11.7 Å². The van der Waals surface area contributed by atoms with Gasteiger partial charge in [-0.05, 0) is 19.3 Å². The van der Waals surface area contributed by atoms with Crippen LogP contribution >= 0.6 is 0 Å².